The summed E-state index contributed by atoms with van der Waals surface area (Å²) in [6.45, 7) is 0. The minimum absolute atomic E-state index is 0.0233. The van der Waals surface area contributed by atoms with Crippen molar-refractivity contribution in [2.75, 3.05) is 18.8 Å². The third-order valence-electron chi connectivity index (χ3n) is 3.66. The molecule has 0 atom stereocenters. The molecule has 26 heavy (non-hydrogen) atoms. The number of aromatic nitrogens is 2. The molecule has 0 aliphatic rings. The first-order valence-corrected chi connectivity index (χ1v) is 9.29. The Morgan fingerprint density at radius 1 is 1.08 bits per heavy atom. The number of aromatic amines is 2. The predicted octanol–water partition coefficient (Wildman–Crippen LogP) is 2.01. The van der Waals surface area contributed by atoms with Crippen molar-refractivity contribution in [1.29, 1.82) is 0 Å². The molecule has 2 aromatic carbocycles. The van der Waals surface area contributed by atoms with Crippen molar-refractivity contribution < 1.29 is 13.2 Å². The first kappa shape index (κ1) is 18.0. The van der Waals surface area contributed by atoms with Crippen molar-refractivity contribution in [1.82, 2.24) is 14.9 Å². The molecule has 3 rings (SSSR count). The third-order valence-corrected chi connectivity index (χ3v) is 5.35. The van der Waals surface area contributed by atoms with Gasteiger partial charge in [0.2, 0.25) is 0 Å². The fourth-order valence-corrected chi connectivity index (χ4v) is 3.72. The van der Waals surface area contributed by atoms with Gasteiger partial charge in [-0.25, -0.2) is 13.2 Å². The van der Waals surface area contributed by atoms with Crippen LogP contribution in [0.25, 0.3) is 11.0 Å². The highest BCUT2D eigenvalue weighted by Gasteiger charge is 2.18. The Hall–Kier alpha value is -2.78. The molecule has 0 bridgehead atoms. The summed E-state index contributed by atoms with van der Waals surface area (Å²) in [6.07, 6.45) is 0. The van der Waals surface area contributed by atoms with Crippen molar-refractivity contribution in [2.45, 2.75) is 4.90 Å². The number of hydrogen-bond acceptors (Lipinski definition) is 4. The van der Waals surface area contributed by atoms with Crippen molar-refractivity contribution >= 4 is 44.3 Å². The van der Waals surface area contributed by atoms with Crippen LogP contribution in [0.15, 0.2) is 46.1 Å². The summed E-state index contributed by atoms with van der Waals surface area (Å²) in [7, 11) is -0.714. The number of sulfonamides is 1. The molecule has 0 spiro atoms. The molecular formula is C16H15ClN4O4S. The Bertz CT molecular complexity index is 1160. The molecule has 0 aliphatic carbocycles. The molecule has 0 unspecified atom stereocenters. The van der Waals surface area contributed by atoms with Crippen LogP contribution in [0.5, 0.6) is 0 Å². The van der Waals surface area contributed by atoms with Crippen molar-refractivity contribution in [3.8, 4) is 0 Å². The maximum atomic E-state index is 12.6. The van der Waals surface area contributed by atoms with Gasteiger partial charge in [-0.3, -0.25) is 9.52 Å². The van der Waals surface area contributed by atoms with E-state index in [0.29, 0.717) is 11.0 Å². The summed E-state index contributed by atoms with van der Waals surface area (Å²) in [5, 5.41) is 0.134. The average Bonchev–Trinajstić information content (AvgIpc) is 2.93. The number of anilines is 1. The number of imidazole rings is 1. The average molecular weight is 395 g/mol. The van der Waals surface area contributed by atoms with Gasteiger partial charge in [-0.15, -0.1) is 0 Å². The molecule has 136 valence electrons. The van der Waals surface area contributed by atoms with Crippen molar-refractivity contribution in [2.24, 2.45) is 0 Å². The monoisotopic (exact) mass is 394 g/mol. The van der Waals surface area contributed by atoms with Crippen LogP contribution in [0, 0.1) is 0 Å². The zero-order valence-electron chi connectivity index (χ0n) is 13.8. The molecule has 0 radical (unpaired) electrons. The first-order chi connectivity index (χ1) is 12.2. The summed E-state index contributed by atoms with van der Waals surface area (Å²) in [5.74, 6) is -0.286. The van der Waals surface area contributed by atoms with Crippen LogP contribution in [0.3, 0.4) is 0 Å². The molecule has 1 amide bonds. The summed E-state index contributed by atoms with van der Waals surface area (Å²) in [5.41, 5.74) is 0.945. The smallest absolute Gasteiger partial charge is 0.323 e. The van der Waals surface area contributed by atoms with E-state index in [-0.39, 0.29) is 27.1 Å². The molecule has 3 aromatic rings. The lowest BCUT2D eigenvalue weighted by Crippen LogP contribution is -2.22. The van der Waals surface area contributed by atoms with Crippen molar-refractivity contribution in [3.63, 3.8) is 0 Å². The summed E-state index contributed by atoms with van der Waals surface area (Å²) in [6, 6.07) is 8.49. The van der Waals surface area contributed by atoms with E-state index in [1.807, 2.05) is 0 Å². The van der Waals surface area contributed by atoms with E-state index >= 15 is 0 Å². The lowest BCUT2D eigenvalue weighted by molar-refractivity contribution is 0.0828. The number of hydrogen-bond donors (Lipinski definition) is 3. The van der Waals surface area contributed by atoms with E-state index in [0.717, 1.165) is 0 Å². The highest BCUT2D eigenvalue weighted by molar-refractivity contribution is 7.92. The highest BCUT2D eigenvalue weighted by Crippen LogP contribution is 2.24. The largest absolute Gasteiger partial charge is 0.345 e. The Kier molecular flexibility index (Phi) is 4.51. The van der Waals surface area contributed by atoms with Gasteiger partial charge >= 0.3 is 5.69 Å². The number of carbonyl (C=O) groups excluding carboxylic acids is 1. The van der Waals surface area contributed by atoms with Gasteiger partial charge in [0.05, 0.1) is 32.2 Å². The van der Waals surface area contributed by atoms with E-state index in [1.165, 1.54) is 41.3 Å². The minimum atomic E-state index is -3.90. The fraction of sp³-hybridized carbons (Fsp3) is 0.125. The fourth-order valence-electron chi connectivity index (χ4n) is 2.39. The second-order valence-electron chi connectivity index (χ2n) is 5.79. The molecule has 8 nitrogen and oxygen atoms in total. The number of carbonyl (C=O) groups is 1. The standard InChI is InChI=1S/C16H15ClN4O4S/c1-21(2)15(22)11-5-3-9(7-12(11)17)20-26(24,25)10-4-6-13-14(8-10)19-16(23)18-13/h3-8,20H,1-2H3,(H2,18,19,23). The van der Waals surface area contributed by atoms with Crippen LogP contribution >= 0.6 is 11.6 Å². The van der Waals surface area contributed by atoms with Gasteiger partial charge in [0, 0.05) is 14.1 Å². The molecule has 1 aromatic heterocycles. The van der Waals surface area contributed by atoms with Gasteiger partial charge in [-0.2, -0.15) is 0 Å². The lowest BCUT2D eigenvalue weighted by atomic mass is 10.2. The van der Waals surface area contributed by atoms with Crippen LogP contribution < -0.4 is 10.4 Å². The van der Waals surface area contributed by atoms with E-state index in [4.69, 9.17) is 11.6 Å². The third kappa shape index (κ3) is 3.44. The topological polar surface area (TPSA) is 115 Å². The van der Waals surface area contributed by atoms with Gasteiger partial charge in [-0.05, 0) is 36.4 Å². The number of rotatable bonds is 4. The number of H-pyrrole nitrogens is 2. The van der Waals surface area contributed by atoms with Crippen LogP contribution in [-0.2, 0) is 10.0 Å². The second-order valence-corrected chi connectivity index (χ2v) is 7.88. The quantitative estimate of drug-likeness (QED) is 0.627. The van der Waals surface area contributed by atoms with Gasteiger partial charge < -0.3 is 14.9 Å². The number of fused-ring (bicyclic) bond motifs is 1. The Balaban J connectivity index is 1.92. The number of benzene rings is 2. The Morgan fingerprint density at radius 2 is 1.77 bits per heavy atom. The molecule has 3 N–H and O–H groups in total. The van der Waals surface area contributed by atoms with E-state index in [1.54, 1.807) is 14.1 Å². The van der Waals surface area contributed by atoms with Crippen molar-refractivity contribution in [3.05, 3.63) is 57.5 Å². The number of nitrogens with one attached hydrogen (secondary N) is 3. The van der Waals surface area contributed by atoms with Gasteiger partial charge in [0.1, 0.15) is 0 Å². The molecule has 0 aliphatic heterocycles. The Morgan fingerprint density at radius 3 is 2.42 bits per heavy atom. The minimum Gasteiger partial charge on any atom is -0.345 e. The lowest BCUT2D eigenvalue weighted by Gasteiger charge is -2.13. The highest BCUT2D eigenvalue weighted by atomic mass is 35.5. The molecule has 0 saturated carbocycles. The number of halogens is 1. The summed E-state index contributed by atoms with van der Waals surface area (Å²) in [4.78, 5) is 29.7. The van der Waals surface area contributed by atoms with E-state index in [2.05, 4.69) is 14.7 Å². The predicted molar refractivity (Wildman–Crippen MR) is 99.2 cm³/mol. The second kappa shape index (κ2) is 6.50. The zero-order chi connectivity index (χ0) is 19.1. The molecule has 10 heteroatoms. The SMILES string of the molecule is CN(C)C(=O)c1ccc(NS(=O)(=O)c2ccc3[nH]c(=O)[nH]c3c2)cc1Cl. The maximum Gasteiger partial charge on any atom is 0.323 e. The molecule has 0 fully saturated rings. The molecular weight excluding hydrogens is 380 g/mol. The zero-order valence-corrected chi connectivity index (χ0v) is 15.4. The molecule has 0 saturated heterocycles. The maximum absolute atomic E-state index is 12.6. The number of nitrogens with zero attached hydrogens (tertiary/aromatic N) is 1. The van der Waals surface area contributed by atoms with Crippen LogP contribution in [0.4, 0.5) is 5.69 Å². The Labute approximate surface area is 153 Å². The molecule has 1 heterocycles. The van der Waals surface area contributed by atoms with E-state index < -0.39 is 15.7 Å². The van der Waals surface area contributed by atoms with Crippen LogP contribution in [0.2, 0.25) is 5.02 Å². The number of amides is 1. The normalized spacial score (nSPS) is 11.5. The van der Waals surface area contributed by atoms with Crippen LogP contribution in [0.1, 0.15) is 10.4 Å². The summed E-state index contributed by atoms with van der Waals surface area (Å²) >= 11 is 6.10. The van der Waals surface area contributed by atoms with Crippen LogP contribution in [-0.4, -0.2) is 43.3 Å². The summed E-state index contributed by atoms with van der Waals surface area (Å²) < 4.78 is 27.5. The van der Waals surface area contributed by atoms with E-state index in [9.17, 15) is 18.0 Å². The first-order valence-electron chi connectivity index (χ1n) is 7.43. The van der Waals surface area contributed by atoms with Gasteiger partial charge in [-0.1, -0.05) is 11.6 Å². The van der Waals surface area contributed by atoms with Gasteiger partial charge in [0.15, 0.2) is 0 Å². The van der Waals surface area contributed by atoms with Gasteiger partial charge in [0.25, 0.3) is 15.9 Å².